The van der Waals surface area contributed by atoms with E-state index < -0.39 is 41.6 Å². The first kappa shape index (κ1) is 27.1. The number of nitrogens with zero attached hydrogens (tertiary/aromatic N) is 1. The zero-order chi connectivity index (χ0) is 24.7. The highest BCUT2D eigenvalue weighted by molar-refractivity contribution is 8.00. The fraction of sp³-hybridized carbons (Fsp3) is 0.455. The molecule has 0 saturated heterocycles. The average Bonchev–Trinajstić information content (AvgIpc) is 2.78. The van der Waals surface area contributed by atoms with Crippen LogP contribution in [0.25, 0.3) is 0 Å². The molecule has 0 unspecified atom stereocenters. The maximum atomic E-state index is 14.9. The van der Waals surface area contributed by atoms with Crippen LogP contribution in [-0.4, -0.2) is 48.6 Å². The minimum atomic E-state index is -0.933. The number of benzene rings is 1. The van der Waals surface area contributed by atoms with E-state index in [1.165, 1.54) is 13.2 Å². The summed E-state index contributed by atoms with van der Waals surface area (Å²) in [7, 11) is 1.22. The summed E-state index contributed by atoms with van der Waals surface area (Å²) < 4.78 is 24.7. The van der Waals surface area contributed by atoms with E-state index in [9.17, 15) is 23.6 Å². The molecule has 0 fully saturated rings. The van der Waals surface area contributed by atoms with Gasteiger partial charge in [-0.3, -0.25) is 14.4 Å². The summed E-state index contributed by atoms with van der Waals surface area (Å²) in [6.45, 7) is 3.37. The Bertz CT molecular complexity index is 982. The Hall–Kier alpha value is -2.10. The number of rotatable bonds is 8. The van der Waals surface area contributed by atoms with Crippen LogP contribution in [0.2, 0.25) is 5.02 Å². The molecule has 1 aliphatic carbocycles. The third kappa shape index (κ3) is 6.94. The van der Waals surface area contributed by atoms with E-state index >= 15 is 0 Å². The molecule has 0 spiro atoms. The van der Waals surface area contributed by atoms with Gasteiger partial charge in [-0.05, 0) is 51.7 Å². The number of methoxy groups -OCH3 is 1. The van der Waals surface area contributed by atoms with Gasteiger partial charge in [0.2, 0.25) is 5.91 Å². The van der Waals surface area contributed by atoms with Crippen molar-refractivity contribution in [2.24, 2.45) is 0 Å². The van der Waals surface area contributed by atoms with E-state index in [1.807, 2.05) is 0 Å². The van der Waals surface area contributed by atoms with Gasteiger partial charge in [-0.2, -0.15) is 0 Å². The summed E-state index contributed by atoms with van der Waals surface area (Å²) in [6.07, 6.45) is 1.43. The summed E-state index contributed by atoms with van der Waals surface area (Å²) in [5, 5.41) is -0.00560. The minimum Gasteiger partial charge on any atom is -0.468 e. The van der Waals surface area contributed by atoms with Gasteiger partial charge in [-0.1, -0.05) is 11.6 Å². The maximum absolute atomic E-state index is 14.9. The first-order valence-corrected chi connectivity index (χ1v) is 12.0. The molecule has 0 aromatic heterocycles. The van der Waals surface area contributed by atoms with Crippen molar-refractivity contribution in [3.8, 4) is 0 Å². The highest BCUT2D eigenvalue weighted by Gasteiger charge is 2.33. The molecule has 1 aliphatic rings. The number of carbonyl (C=O) groups is 4. The molecule has 2 amide bonds. The Morgan fingerprint density at radius 3 is 2.36 bits per heavy atom. The highest BCUT2D eigenvalue weighted by atomic mass is 35.5. The van der Waals surface area contributed by atoms with Gasteiger partial charge in [0.05, 0.1) is 29.7 Å². The van der Waals surface area contributed by atoms with Gasteiger partial charge in [0.1, 0.15) is 11.7 Å². The van der Waals surface area contributed by atoms with Crippen molar-refractivity contribution < 1.29 is 33.0 Å². The molecule has 0 radical (unpaired) electrons. The molecule has 11 heteroatoms. The lowest BCUT2D eigenvalue weighted by atomic mass is 9.90. The predicted octanol–water partition coefficient (Wildman–Crippen LogP) is 4.66. The molecule has 0 atom stereocenters. The number of alkyl halides is 1. The van der Waals surface area contributed by atoms with Crippen LogP contribution in [0, 0.1) is 5.82 Å². The Kier molecular flexibility index (Phi) is 10.2. The fourth-order valence-corrected chi connectivity index (χ4v) is 4.42. The van der Waals surface area contributed by atoms with Crippen LogP contribution < -0.4 is 4.90 Å². The molecule has 0 bridgehead atoms. The first-order chi connectivity index (χ1) is 15.6. The smallest absolute Gasteiger partial charge is 0.334 e. The molecule has 0 saturated carbocycles. The van der Waals surface area contributed by atoms with Crippen LogP contribution in [0.3, 0.4) is 0 Å². The van der Waals surface area contributed by atoms with Gasteiger partial charge >= 0.3 is 11.9 Å². The second-order valence-corrected chi connectivity index (χ2v) is 9.08. The Morgan fingerprint density at radius 1 is 1.15 bits per heavy atom. The molecule has 1 aromatic carbocycles. The van der Waals surface area contributed by atoms with Gasteiger partial charge in [0.15, 0.2) is 0 Å². The van der Waals surface area contributed by atoms with Crippen molar-refractivity contribution in [2.75, 3.05) is 23.6 Å². The van der Waals surface area contributed by atoms with E-state index in [1.54, 1.807) is 13.8 Å². The number of hydrogen-bond donors (Lipinski definition) is 0. The number of esters is 2. The van der Waals surface area contributed by atoms with Crippen LogP contribution in [0.1, 0.15) is 39.5 Å². The van der Waals surface area contributed by atoms with Crippen LogP contribution in [-0.2, 0) is 28.7 Å². The standard InChI is InChI=1S/C22H24Cl2FNO6S/c1-12(2)32-22(30)14-7-5-4-6-13(14)21(29)26(19(27)10-23)17-9-18(15(24)8-16(17)25)33-11-20(28)31-3/h8-9,12H,4-7,10-11H2,1-3H3. The van der Waals surface area contributed by atoms with E-state index in [-0.39, 0.29) is 38.9 Å². The highest BCUT2D eigenvalue weighted by Crippen LogP contribution is 2.36. The minimum absolute atomic E-state index is 0.00560. The van der Waals surface area contributed by atoms with Crippen molar-refractivity contribution in [3.05, 3.63) is 34.1 Å². The van der Waals surface area contributed by atoms with E-state index in [0.717, 1.165) is 17.8 Å². The van der Waals surface area contributed by atoms with Crippen molar-refractivity contribution in [2.45, 2.75) is 50.5 Å². The lowest BCUT2D eigenvalue weighted by Gasteiger charge is -2.26. The number of imide groups is 1. The number of halogens is 3. The van der Waals surface area contributed by atoms with Gasteiger partial charge in [-0.25, -0.2) is 14.1 Å². The van der Waals surface area contributed by atoms with Crippen molar-refractivity contribution >= 4 is 64.4 Å². The Morgan fingerprint density at radius 2 is 1.79 bits per heavy atom. The molecule has 7 nitrogen and oxygen atoms in total. The van der Waals surface area contributed by atoms with Crippen molar-refractivity contribution in [1.82, 2.24) is 0 Å². The quantitative estimate of drug-likeness (QED) is 0.280. The van der Waals surface area contributed by atoms with Crippen molar-refractivity contribution in [3.63, 3.8) is 0 Å². The Labute approximate surface area is 205 Å². The second kappa shape index (κ2) is 12.4. The molecular weight excluding hydrogens is 496 g/mol. The van der Waals surface area contributed by atoms with Gasteiger partial charge < -0.3 is 9.47 Å². The van der Waals surface area contributed by atoms with E-state index in [0.29, 0.717) is 24.2 Å². The number of carbonyl (C=O) groups excluding carboxylic acids is 4. The summed E-state index contributed by atoms with van der Waals surface area (Å²) in [4.78, 5) is 51.0. The third-order valence-corrected chi connectivity index (χ3v) is 6.38. The topological polar surface area (TPSA) is 90.0 Å². The monoisotopic (exact) mass is 519 g/mol. The van der Waals surface area contributed by atoms with Crippen LogP contribution >= 0.6 is 35.0 Å². The lowest BCUT2D eigenvalue weighted by Crippen LogP contribution is -2.40. The second-order valence-electron chi connectivity index (χ2n) is 7.39. The van der Waals surface area contributed by atoms with Gasteiger partial charge in [-0.15, -0.1) is 23.4 Å². The predicted molar refractivity (Wildman–Crippen MR) is 124 cm³/mol. The van der Waals surface area contributed by atoms with Crippen molar-refractivity contribution in [1.29, 1.82) is 0 Å². The SMILES string of the molecule is COC(=O)CSc1cc(N(C(=O)CCl)C(=O)C2=C(C(=O)OC(C)C)CCCC2)c(F)cc1Cl. The molecule has 1 aromatic rings. The summed E-state index contributed by atoms with van der Waals surface area (Å²) in [5.74, 6) is -4.55. The largest absolute Gasteiger partial charge is 0.468 e. The average molecular weight is 520 g/mol. The number of amides is 2. The number of ether oxygens (including phenoxy) is 2. The molecular formula is C22H24Cl2FNO6S. The lowest BCUT2D eigenvalue weighted by molar-refractivity contribution is -0.143. The molecule has 0 heterocycles. The van der Waals surface area contributed by atoms with Crippen LogP contribution in [0.4, 0.5) is 10.1 Å². The molecule has 0 aliphatic heterocycles. The number of anilines is 1. The normalized spacial score (nSPS) is 13.7. The van der Waals surface area contributed by atoms with E-state index in [4.69, 9.17) is 27.9 Å². The fourth-order valence-electron chi connectivity index (χ4n) is 3.20. The summed E-state index contributed by atoms with van der Waals surface area (Å²) >= 11 is 12.8. The van der Waals surface area contributed by atoms with E-state index in [2.05, 4.69) is 4.74 Å². The number of thioether (sulfide) groups is 1. The maximum Gasteiger partial charge on any atom is 0.334 e. The van der Waals surface area contributed by atoms with Gasteiger partial charge in [0.25, 0.3) is 5.91 Å². The molecule has 180 valence electrons. The molecule has 2 rings (SSSR count). The number of hydrogen-bond acceptors (Lipinski definition) is 7. The summed E-state index contributed by atoms with van der Waals surface area (Å²) in [6, 6.07) is 2.14. The molecule has 0 N–H and O–H groups in total. The zero-order valence-electron chi connectivity index (χ0n) is 18.4. The van der Waals surface area contributed by atoms with Gasteiger partial charge in [0, 0.05) is 16.0 Å². The summed E-state index contributed by atoms with van der Waals surface area (Å²) in [5.41, 5.74) is -0.123. The first-order valence-electron chi connectivity index (χ1n) is 10.2. The zero-order valence-corrected chi connectivity index (χ0v) is 20.7. The molecule has 33 heavy (non-hydrogen) atoms. The van der Waals surface area contributed by atoms with Crippen LogP contribution in [0.5, 0.6) is 0 Å². The van der Waals surface area contributed by atoms with Crippen LogP contribution in [0.15, 0.2) is 28.2 Å². The third-order valence-electron chi connectivity index (χ3n) is 4.70. The Balaban J connectivity index is 2.54.